The molecule has 2 nitrogen and oxygen atoms in total. The zero-order valence-corrected chi connectivity index (χ0v) is 8.01. The Balaban J connectivity index is 3.03. The molecule has 0 heterocycles. The van der Waals surface area contributed by atoms with Gasteiger partial charge in [-0.2, -0.15) is 5.26 Å². The summed E-state index contributed by atoms with van der Waals surface area (Å²) in [6.45, 7) is 0. The Labute approximate surface area is 88.8 Å². The molecule has 1 rings (SSSR count). The van der Waals surface area contributed by atoms with E-state index < -0.39 is 17.5 Å². The molecule has 0 aliphatic carbocycles. The summed E-state index contributed by atoms with van der Waals surface area (Å²) in [5.41, 5.74) is -0.000934. The first-order valence-electron chi connectivity index (χ1n) is 3.82. The predicted octanol–water partition coefficient (Wildman–Crippen LogP) is 3.39. The fraction of sp³-hybridized carbons (Fsp3) is 0.222. The third kappa shape index (κ3) is 3.33. The van der Waals surface area contributed by atoms with Crippen LogP contribution in [-0.2, 0) is 0 Å². The summed E-state index contributed by atoms with van der Waals surface area (Å²) in [7, 11) is 0. The number of hydrogen-bond acceptors (Lipinski definition) is 2. The summed E-state index contributed by atoms with van der Waals surface area (Å²) >= 11 is 5.52. The minimum Gasteiger partial charge on any atom is -0.405 e. The number of hydrogen-bond donors (Lipinski definition) is 0. The molecule has 0 aromatic heterocycles. The normalized spacial score (nSPS) is 13.0. The number of nitrogens with zero attached hydrogens (tertiary/aromatic N) is 1. The minimum atomic E-state index is -4.79. The van der Waals surface area contributed by atoms with Crippen LogP contribution in [0.15, 0.2) is 24.3 Å². The summed E-state index contributed by atoms with van der Waals surface area (Å²) in [4.78, 5) is 0. The molecule has 1 aromatic carbocycles. The maximum atomic E-state index is 11.9. The van der Waals surface area contributed by atoms with E-state index in [4.69, 9.17) is 16.9 Å². The van der Waals surface area contributed by atoms with Crippen molar-refractivity contribution in [2.24, 2.45) is 0 Å². The molecule has 1 unspecified atom stereocenters. The summed E-state index contributed by atoms with van der Waals surface area (Å²) in [6, 6.07) is 6.88. The van der Waals surface area contributed by atoms with E-state index in [2.05, 4.69) is 4.74 Å². The highest BCUT2D eigenvalue weighted by Gasteiger charge is 2.32. The first-order chi connectivity index (χ1) is 6.94. The van der Waals surface area contributed by atoms with Crippen molar-refractivity contribution in [1.82, 2.24) is 0 Å². The van der Waals surface area contributed by atoms with Crippen LogP contribution in [0, 0.1) is 11.3 Å². The van der Waals surface area contributed by atoms with Gasteiger partial charge in [0.1, 0.15) is 11.1 Å². The van der Waals surface area contributed by atoms with Crippen LogP contribution in [0.25, 0.3) is 0 Å². The molecule has 0 fully saturated rings. The van der Waals surface area contributed by atoms with Gasteiger partial charge in [0, 0.05) is 5.56 Å². The lowest BCUT2D eigenvalue weighted by Crippen LogP contribution is -2.18. The van der Waals surface area contributed by atoms with Crippen LogP contribution >= 0.6 is 11.6 Å². The second-order valence-corrected chi connectivity index (χ2v) is 3.01. The van der Waals surface area contributed by atoms with Gasteiger partial charge in [-0.05, 0) is 6.07 Å². The van der Waals surface area contributed by atoms with Crippen molar-refractivity contribution < 1.29 is 17.9 Å². The first-order valence-corrected chi connectivity index (χ1v) is 4.26. The quantitative estimate of drug-likeness (QED) is 0.736. The van der Waals surface area contributed by atoms with E-state index >= 15 is 0 Å². The Morgan fingerprint density at radius 3 is 2.47 bits per heavy atom. The highest BCUT2D eigenvalue weighted by Crippen LogP contribution is 2.32. The Morgan fingerprint density at radius 1 is 1.33 bits per heavy atom. The molecule has 0 saturated heterocycles. The average Bonchev–Trinajstić information content (AvgIpc) is 2.15. The van der Waals surface area contributed by atoms with Crippen LogP contribution in [0.5, 0.6) is 5.75 Å². The molecule has 0 radical (unpaired) electrons. The third-order valence-electron chi connectivity index (χ3n) is 1.53. The molecular formula is C9H5ClF3NO. The fourth-order valence-corrected chi connectivity index (χ4v) is 1.16. The highest BCUT2D eigenvalue weighted by molar-refractivity contribution is 6.22. The smallest absolute Gasteiger partial charge is 0.405 e. The number of nitriles is 1. The molecule has 0 aliphatic rings. The van der Waals surface area contributed by atoms with Gasteiger partial charge in [-0.15, -0.1) is 24.8 Å². The number of benzene rings is 1. The van der Waals surface area contributed by atoms with Crippen LogP contribution in [0.3, 0.4) is 0 Å². The molecule has 6 heteroatoms. The van der Waals surface area contributed by atoms with Crippen molar-refractivity contribution in [3.63, 3.8) is 0 Å². The van der Waals surface area contributed by atoms with E-state index in [-0.39, 0.29) is 5.56 Å². The van der Waals surface area contributed by atoms with Crippen LogP contribution in [0.1, 0.15) is 10.9 Å². The first kappa shape index (κ1) is 11.7. The Hall–Kier alpha value is -1.41. The minimum absolute atomic E-state index is 0.000934. The predicted molar refractivity (Wildman–Crippen MR) is 47.3 cm³/mol. The van der Waals surface area contributed by atoms with Crippen LogP contribution < -0.4 is 4.74 Å². The van der Waals surface area contributed by atoms with Gasteiger partial charge in [0.25, 0.3) is 0 Å². The Bertz CT molecular complexity index is 386. The van der Waals surface area contributed by atoms with Gasteiger partial charge in [0.15, 0.2) is 0 Å². The number of alkyl halides is 4. The van der Waals surface area contributed by atoms with Gasteiger partial charge < -0.3 is 4.74 Å². The van der Waals surface area contributed by atoms with Crippen LogP contribution in [-0.4, -0.2) is 6.36 Å². The van der Waals surface area contributed by atoms with Gasteiger partial charge >= 0.3 is 6.36 Å². The number of rotatable bonds is 2. The fourth-order valence-electron chi connectivity index (χ4n) is 0.977. The van der Waals surface area contributed by atoms with E-state index in [0.29, 0.717) is 0 Å². The maximum Gasteiger partial charge on any atom is 0.573 e. The van der Waals surface area contributed by atoms with Crippen molar-refractivity contribution in [1.29, 1.82) is 5.26 Å². The number of para-hydroxylation sites is 1. The van der Waals surface area contributed by atoms with E-state index in [1.165, 1.54) is 18.2 Å². The van der Waals surface area contributed by atoms with E-state index in [9.17, 15) is 13.2 Å². The molecule has 80 valence electrons. The van der Waals surface area contributed by atoms with Crippen molar-refractivity contribution in [3.05, 3.63) is 29.8 Å². The largest absolute Gasteiger partial charge is 0.573 e. The zero-order valence-electron chi connectivity index (χ0n) is 7.25. The number of ether oxygens (including phenoxy) is 1. The zero-order chi connectivity index (χ0) is 11.5. The molecule has 1 atom stereocenters. The molecule has 0 aliphatic heterocycles. The molecule has 1 aromatic rings. The molecule has 15 heavy (non-hydrogen) atoms. The van der Waals surface area contributed by atoms with Gasteiger partial charge in [-0.25, -0.2) is 0 Å². The Morgan fingerprint density at radius 2 is 1.93 bits per heavy atom. The van der Waals surface area contributed by atoms with Gasteiger partial charge in [0.2, 0.25) is 0 Å². The molecule has 0 amide bonds. The topological polar surface area (TPSA) is 33.0 Å². The van der Waals surface area contributed by atoms with Crippen molar-refractivity contribution >= 4 is 11.6 Å². The lowest BCUT2D eigenvalue weighted by molar-refractivity contribution is -0.274. The molecule has 0 bridgehead atoms. The van der Waals surface area contributed by atoms with E-state index in [0.717, 1.165) is 6.07 Å². The van der Waals surface area contributed by atoms with E-state index in [1.807, 2.05) is 0 Å². The SMILES string of the molecule is N#CC(Cl)c1ccccc1OC(F)(F)F. The van der Waals surface area contributed by atoms with Gasteiger partial charge in [0.05, 0.1) is 6.07 Å². The lowest BCUT2D eigenvalue weighted by atomic mass is 10.1. The van der Waals surface area contributed by atoms with Gasteiger partial charge in [-0.1, -0.05) is 18.2 Å². The molecule has 0 saturated carbocycles. The molecule has 0 spiro atoms. The maximum absolute atomic E-state index is 11.9. The summed E-state index contributed by atoms with van der Waals surface area (Å²) in [5, 5.41) is 7.33. The van der Waals surface area contributed by atoms with Crippen molar-refractivity contribution in [3.8, 4) is 11.8 Å². The number of halogens is 4. The average molecular weight is 236 g/mol. The monoisotopic (exact) mass is 235 g/mol. The highest BCUT2D eigenvalue weighted by atomic mass is 35.5. The van der Waals surface area contributed by atoms with Gasteiger partial charge in [-0.3, -0.25) is 0 Å². The standard InChI is InChI=1S/C9H5ClF3NO/c10-7(5-14)6-3-1-2-4-8(6)15-9(11,12)13/h1-4,7H. The second-order valence-electron chi connectivity index (χ2n) is 2.58. The lowest BCUT2D eigenvalue weighted by Gasteiger charge is -2.12. The molecular weight excluding hydrogens is 231 g/mol. The van der Waals surface area contributed by atoms with Crippen LogP contribution in [0.2, 0.25) is 0 Å². The van der Waals surface area contributed by atoms with Crippen LogP contribution in [0.4, 0.5) is 13.2 Å². The second kappa shape index (κ2) is 4.41. The van der Waals surface area contributed by atoms with E-state index in [1.54, 1.807) is 6.07 Å². The summed E-state index contributed by atoms with van der Waals surface area (Å²) < 4.78 is 39.5. The third-order valence-corrected chi connectivity index (χ3v) is 1.86. The summed E-state index contributed by atoms with van der Waals surface area (Å²) in [5.74, 6) is -0.452. The Kier molecular flexibility index (Phi) is 3.43. The molecule has 0 N–H and O–H groups in total. The van der Waals surface area contributed by atoms with Crippen molar-refractivity contribution in [2.45, 2.75) is 11.7 Å². The summed E-state index contributed by atoms with van der Waals surface area (Å²) in [6.07, 6.45) is -4.79. The van der Waals surface area contributed by atoms with Crippen molar-refractivity contribution in [2.75, 3.05) is 0 Å².